The van der Waals surface area contributed by atoms with E-state index in [0.717, 1.165) is 5.52 Å². The van der Waals surface area contributed by atoms with Gasteiger partial charge in [0.05, 0.1) is 5.52 Å². The standard InChI is InChI=1S/C20H29NS2/c1-3-4-5-6-7-8-9-10-16-23-18-13-14-19(22-2)20-17(18)12-11-15-21-20/h11-15H,3-10,16H2,1-2H3. The number of rotatable bonds is 11. The molecule has 0 aliphatic carbocycles. The molecule has 0 unspecified atom stereocenters. The Labute approximate surface area is 150 Å². The van der Waals surface area contributed by atoms with E-state index in [9.17, 15) is 0 Å². The first-order chi connectivity index (χ1) is 11.4. The summed E-state index contributed by atoms with van der Waals surface area (Å²) in [5.74, 6) is 1.22. The van der Waals surface area contributed by atoms with E-state index in [-0.39, 0.29) is 0 Å². The lowest BCUT2D eigenvalue weighted by Crippen LogP contribution is -1.87. The van der Waals surface area contributed by atoms with Crippen molar-refractivity contribution in [2.45, 2.75) is 68.1 Å². The molecule has 0 bridgehead atoms. The molecule has 1 nitrogen and oxygen atoms in total. The third kappa shape index (κ3) is 6.04. The average molecular weight is 348 g/mol. The zero-order valence-corrected chi connectivity index (χ0v) is 16.1. The van der Waals surface area contributed by atoms with E-state index >= 15 is 0 Å². The fourth-order valence-corrected chi connectivity index (χ4v) is 4.44. The molecule has 0 saturated heterocycles. The molecule has 0 fully saturated rings. The molecular weight excluding hydrogens is 318 g/mol. The molecule has 126 valence electrons. The molecule has 1 heterocycles. The van der Waals surface area contributed by atoms with Gasteiger partial charge in [0.25, 0.3) is 0 Å². The molecule has 0 spiro atoms. The molecule has 2 rings (SSSR count). The molecular formula is C20H29NS2. The van der Waals surface area contributed by atoms with Crippen molar-refractivity contribution in [2.24, 2.45) is 0 Å². The first-order valence-corrected chi connectivity index (χ1v) is 11.1. The molecule has 0 atom stereocenters. The molecule has 0 aliphatic rings. The first kappa shape index (κ1) is 18.7. The fraction of sp³-hybridized carbons (Fsp3) is 0.550. The largest absolute Gasteiger partial charge is 0.255 e. The molecule has 0 N–H and O–H groups in total. The Balaban J connectivity index is 1.75. The summed E-state index contributed by atoms with van der Waals surface area (Å²) >= 11 is 3.77. The predicted molar refractivity (Wildman–Crippen MR) is 107 cm³/mol. The summed E-state index contributed by atoms with van der Waals surface area (Å²) in [5.41, 5.74) is 1.15. The molecule has 0 aliphatic heterocycles. The van der Waals surface area contributed by atoms with Crippen molar-refractivity contribution in [1.82, 2.24) is 4.98 Å². The maximum atomic E-state index is 4.57. The highest BCUT2D eigenvalue weighted by Crippen LogP contribution is 2.33. The zero-order chi connectivity index (χ0) is 16.3. The van der Waals surface area contributed by atoms with Crippen molar-refractivity contribution >= 4 is 34.4 Å². The molecule has 0 saturated carbocycles. The minimum Gasteiger partial charge on any atom is -0.255 e. The van der Waals surface area contributed by atoms with Gasteiger partial charge in [-0.25, -0.2) is 0 Å². The van der Waals surface area contributed by atoms with Crippen LogP contribution in [0.3, 0.4) is 0 Å². The minimum absolute atomic E-state index is 1.15. The smallest absolute Gasteiger partial charge is 0.0848 e. The maximum absolute atomic E-state index is 4.57. The van der Waals surface area contributed by atoms with Gasteiger partial charge in [-0.3, -0.25) is 4.98 Å². The Morgan fingerprint density at radius 2 is 1.57 bits per heavy atom. The number of thioether (sulfide) groups is 2. The number of nitrogens with zero attached hydrogens (tertiary/aromatic N) is 1. The van der Waals surface area contributed by atoms with Crippen molar-refractivity contribution in [3.05, 3.63) is 30.5 Å². The Morgan fingerprint density at radius 3 is 2.30 bits per heavy atom. The summed E-state index contributed by atoms with van der Waals surface area (Å²) in [4.78, 5) is 7.23. The molecule has 0 amide bonds. The lowest BCUT2D eigenvalue weighted by atomic mass is 10.1. The first-order valence-electron chi connectivity index (χ1n) is 8.91. The molecule has 1 aromatic heterocycles. The number of benzene rings is 1. The SMILES string of the molecule is CCCCCCCCCCSc1ccc(SC)c2ncccc12. The van der Waals surface area contributed by atoms with E-state index in [1.54, 1.807) is 11.8 Å². The van der Waals surface area contributed by atoms with Gasteiger partial charge in [0.1, 0.15) is 0 Å². The summed E-state index contributed by atoms with van der Waals surface area (Å²) in [6, 6.07) is 8.74. The van der Waals surface area contributed by atoms with Crippen molar-refractivity contribution in [3.63, 3.8) is 0 Å². The summed E-state index contributed by atoms with van der Waals surface area (Å²) in [6.07, 6.45) is 15.1. The Bertz CT molecular complexity index is 583. The van der Waals surface area contributed by atoms with E-state index in [1.165, 1.54) is 72.3 Å². The van der Waals surface area contributed by atoms with Crippen LogP contribution in [0.15, 0.2) is 40.3 Å². The number of aromatic nitrogens is 1. The van der Waals surface area contributed by atoms with Crippen LogP contribution in [0, 0.1) is 0 Å². The minimum atomic E-state index is 1.15. The summed E-state index contributed by atoms with van der Waals surface area (Å²) < 4.78 is 0. The van der Waals surface area contributed by atoms with Crippen molar-refractivity contribution in [3.8, 4) is 0 Å². The topological polar surface area (TPSA) is 12.9 Å². The number of pyridine rings is 1. The van der Waals surface area contributed by atoms with Crippen LogP contribution in [0.1, 0.15) is 58.3 Å². The number of unbranched alkanes of at least 4 members (excludes halogenated alkanes) is 7. The van der Waals surface area contributed by atoms with Crippen LogP contribution in [0.5, 0.6) is 0 Å². The summed E-state index contributed by atoms with van der Waals surface area (Å²) in [5, 5.41) is 1.31. The normalized spacial score (nSPS) is 11.2. The van der Waals surface area contributed by atoms with Crippen LogP contribution in [-0.4, -0.2) is 17.0 Å². The van der Waals surface area contributed by atoms with Crippen molar-refractivity contribution in [2.75, 3.05) is 12.0 Å². The molecule has 2 aromatic rings. The second-order valence-corrected chi connectivity index (χ2v) is 7.97. The van der Waals surface area contributed by atoms with Crippen LogP contribution in [0.4, 0.5) is 0 Å². The van der Waals surface area contributed by atoms with Gasteiger partial charge in [-0.2, -0.15) is 0 Å². The highest BCUT2D eigenvalue weighted by Gasteiger charge is 2.06. The van der Waals surface area contributed by atoms with E-state index in [0.29, 0.717) is 0 Å². The molecule has 3 heteroatoms. The lowest BCUT2D eigenvalue weighted by molar-refractivity contribution is 0.586. The zero-order valence-electron chi connectivity index (χ0n) is 14.5. The molecule has 0 radical (unpaired) electrons. The Morgan fingerprint density at radius 1 is 0.870 bits per heavy atom. The molecule has 23 heavy (non-hydrogen) atoms. The highest BCUT2D eigenvalue weighted by atomic mass is 32.2. The van der Waals surface area contributed by atoms with Gasteiger partial charge in [-0.05, 0) is 36.6 Å². The van der Waals surface area contributed by atoms with Crippen LogP contribution in [0.25, 0.3) is 10.9 Å². The third-order valence-corrected chi connectivity index (χ3v) is 6.10. The maximum Gasteiger partial charge on any atom is 0.0848 e. The second kappa shape index (κ2) is 11.0. The fourth-order valence-electron chi connectivity index (χ4n) is 2.83. The van der Waals surface area contributed by atoms with E-state index in [2.05, 4.69) is 36.4 Å². The number of hydrogen-bond acceptors (Lipinski definition) is 3. The summed E-state index contributed by atoms with van der Waals surface area (Å²) in [7, 11) is 0. The second-order valence-electron chi connectivity index (χ2n) is 5.99. The van der Waals surface area contributed by atoms with Gasteiger partial charge in [0.2, 0.25) is 0 Å². The highest BCUT2D eigenvalue weighted by molar-refractivity contribution is 7.99. The monoisotopic (exact) mass is 347 g/mol. The quantitative estimate of drug-likeness (QED) is 0.315. The van der Waals surface area contributed by atoms with Crippen LogP contribution < -0.4 is 0 Å². The van der Waals surface area contributed by atoms with Crippen LogP contribution >= 0.6 is 23.5 Å². The van der Waals surface area contributed by atoms with E-state index in [1.807, 2.05) is 24.0 Å². The average Bonchev–Trinajstić information content (AvgIpc) is 2.60. The van der Waals surface area contributed by atoms with Crippen LogP contribution in [0.2, 0.25) is 0 Å². The van der Waals surface area contributed by atoms with Gasteiger partial charge in [0.15, 0.2) is 0 Å². The van der Waals surface area contributed by atoms with Gasteiger partial charge in [-0.15, -0.1) is 23.5 Å². The summed E-state index contributed by atoms with van der Waals surface area (Å²) in [6.45, 7) is 2.28. The van der Waals surface area contributed by atoms with Gasteiger partial charge in [0, 0.05) is 21.4 Å². The third-order valence-electron chi connectivity index (χ3n) is 4.17. The molecule has 1 aromatic carbocycles. The van der Waals surface area contributed by atoms with E-state index in [4.69, 9.17) is 0 Å². The lowest BCUT2D eigenvalue weighted by Gasteiger charge is -2.09. The van der Waals surface area contributed by atoms with Gasteiger partial charge >= 0.3 is 0 Å². The number of fused-ring (bicyclic) bond motifs is 1. The van der Waals surface area contributed by atoms with Crippen LogP contribution in [-0.2, 0) is 0 Å². The van der Waals surface area contributed by atoms with Crippen molar-refractivity contribution < 1.29 is 0 Å². The Hall–Kier alpha value is -0.670. The van der Waals surface area contributed by atoms with Gasteiger partial charge in [-0.1, -0.05) is 57.9 Å². The van der Waals surface area contributed by atoms with Gasteiger partial charge < -0.3 is 0 Å². The Kier molecular flexibility index (Phi) is 8.91. The van der Waals surface area contributed by atoms with E-state index < -0.39 is 0 Å². The van der Waals surface area contributed by atoms with Crippen molar-refractivity contribution in [1.29, 1.82) is 0 Å². The predicted octanol–water partition coefficient (Wildman–Crippen LogP) is 7.19. The number of hydrogen-bond donors (Lipinski definition) is 0.